The molecule has 1 atom stereocenters. The summed E-state index contributed by atoms with van der Waals surface area (Å²) < 4.78 is 7.42. The highest BCUT2D eigenvalue weighted by Crippen LogP contribution is 2.26. The Kier molecular flexibility index (Phi) is 7.67. The first-order valence-corrected chi connectivity index (χ1v) is 12.5. The zero-order chi connectivity index (χ0) is 23.2. The van der Waals surface area contributed by atoms with Crippen LogP contribution in [0.2, 0.25) is 0 Å². The molecule has 3 aromatic rings. The van der Waals surface area contributed by atoms with E-state index in [1.165, 1.54) is 35.9 Å². The summed E-state index contributed by atoms with van der Waals surface area (Å²) in [4.78, 5) is 14.1. The second-order valence-electron chi connectivity index (χ2n) is 8.52. The fourth-order valence-corrected chi connectivity index (χ4v) is 4.97. The normalized spacial score (nSPS) is 15.2. The quantitative estimate of drug-likeness (QED) is 0.498. The van der Waals surface area contributed by atoms with Gasteiger partial charge in [-0.1, -0.05) is 29.5 Å². The number of likely N-dealkylation sites (tertiary alicyclic amines) is 1. The van der Waals surface area contributed by atoms with Crippen LogP contribution in [0.4, 0.5) is 5.69 Å². The van der Waals surface area contributed by atoms with Gasteiger partial charge in [0, 0.05) is 11.4 Å². The molecule has 2 aromatic carbocycles. The number of ether oxygens (including phenoxy) is 1. The zero-order valence-electron chi connectivity index (χ0n) is 19.5. The third kappa shape index (κ3) is 5.75. The van der Waals surface area contributed by atoms with E-state index in [4.69, 9.17) is 4.74 Å². The fourth-order valence-electron chi connectivity index (χ4n) is 4.21. The van der Waals surface area contributed by atoms with Crippen LogP contribution in [-0.4, -0.2) is 46.6 Å². The minimum absolute atomic E-state index is 0.0654. The molecule has 0 bridgehead atoms. The van der Waals surface area contributed by atoms with Gasteiger partial charge in [0.05, 0.1) is 26.0 Å². The van der Waals surface area contributed by atoms with Crippen LogP contribution in [0.1, 0.15) is 43.6 Å². The summed E-state index contributed by atoms with van der Waals surface area (Å²) in [5.41, 5.74) is 2.93. The van der Waals surface area contributed by atoms with Crippen LogP contribution in [0.15, 0.2) is 53.7 Å². The van der Waals surface area contributed by atoms with Crippen molar-refractivity contribution in [2.24, 2.45) is 0 Å². The number of aromatic nitrogens is 3. The number of hydrogen-bond acceptors (Lipinski definition) is 5. The molecule has 33 heavy (non-hydrogen) atoms. The number of hydrogen-bond donors (Lipinski definition) is 2. The molecule has 1 saturated heterocycles. The number of anilines is 1. The van der Waals surface area contributed by atoms with Crippen molar-refractivity contribution >= 4 is 23.4 Å². The van der Waals surface area contributed by atoms with Crippen LogP contribution in [0.5, 0.6) is 5.75 Å². The van der Waals surface area contributed by atoms with Gasteiger partial charge in [-0.05, 0) is 69.5 Å². The topological polar surface area (TPSA) is 73.5 Å². The highest BCUT2D eigenvalue weighted by Gasteiger charge is 2.28. The maximum Gasteiger partial charge on any atom is 0.234 e. The van der Waals surface area contributed by atoms with E-state index in [1.54, 1.807) is 7.11 Å². The number of methoxy groups -OCH3 is 1. The Morgan fingerprint density at radius 3 is 2.45 bits per heavy atom. The molecule has 1 fully saturated rings. The van der Waals surface area contributed by atoms with Crippen molar-refractivity contribution in [2.45, 2.75) is 44.3 Å². The Morgan fingerprint density at radius 2 is 1.79 bits per heavy atom. The van der Waals surface area contributed by atoms with E-state index >= 15 is 0 Å². The van der Waals surface area contributed by atoms with Crippen molar-refractivity contribution in [3.63, 3.8) is 0 Å². The smallest absolute Gasteiger partial charge is 0.234 e. The van der Waals surface area contributed by atoms with Gasteiger partial charge >= 0.3 is 0 Å². The lowest BCUT2D eigenvalue weighted by Crippen LogP contribution is -3.12. The minimum Gasteiger partial charge on any atom is -0.497 e. The number of aryl methyl sites for hydroxylation is 1. The third-order valence-corrected chi connectivity index (χ3v) is 7.08. The number of piperidine rings is 1. The summed E-state index contributed by atoms with van der Waals surface area (Å²) >= 11 is 1.40. The summed E-state index contributed by atoms with van der Waals surface area (Å²) in [6.45, 7) is 6.55. The number of amides is 1. The van der Waals surface area contributed by atoms with Crippen LogP contribution >= 0.6 is 11.8 Å². The molecule has 4 rings (SSSR count). The molecular formula is C25H32N5O2S+. The molecule has 1 aromatic heterocycles. The average Bonchev–Trinajstić information content (AvgIpc) is 3.28. The highest BCUT2D eigenvalue weighted by molar-refractivity contribution is 7.99. The summed E-state index contributed by atoms with van der Waals surface area (Å²) in [5, 5.41) is 12.8. The van der Waals surface area contributed by atoms with E-state index in [0.29, 0.717) is 0 Å². The van der Waals surface area contributed by atoms with Crippen molar-refractivity contribution in [3.05, 3.63) is 59.9 Å². The van der Waals surface area contributed by atoms with Gasteiger partial charge < -0.3 is 15.0 Å². The van der Waals surface area contributed by atoms with Crippen LogP contribution in [0.3, 0.4) is 0 Å². The first-order valence-electron chi connectivity index (χ1n) is 11.5. The Bertz CT molecular complexity index is 1060. The monoisotopic (exact) mass is 466 g/mol. The number of benzene rings is 2. The molecule has 2 heterocycles. The molecule has 0 spiro atoms. The summed E-state index contributed by atoms with van der Waals surface area (Å²) in [5.74, 6) is 1.92. The number of nitrogens with one attached hydrogen (secondary N) is 2. The third-order valence-electron chi connectivity index (χ3n) is 6.15. The molecule has 1 aliphatic rings. The molecule has 7 nitrogen and oxygen atoms in total. The molecule has 2 N–H and O–H groups in total. The number of rotatable bonds is 8. The Balaban J connectivity index is 1.55. The molecule has 174 valence electrons. The van der Waals surface area contributed by atoms with Gasteiger partial charge in [-0.25, -0.2) is 0 Å². The van der Waals surface area contributed by atoms with Crippen molar-refractivity contribution in [2.75, 3.05) is 31.3 Å². The first-order chi connectivity index (χ1) is 16.0. The average molecular weight is 467 g/mol. The van der Waals surface area contributed by atoms with E-state index < -0.39 is 0 Å². The molecular weight excluding hydrogens is 434 g/mol. The maximum absolute atomic E-state index is 12.6. The van der Waals surface area contributed by atoms with Crippen molar-refractivity contribution in [3.8, 4) is 11.4 Å². The van der Waals surface area contributed by atoms with E-state index in [-0.39, 0.29) is 17.7 Å². The lowest BCUT2D eigenvalue weighted by molar-refractivity contribution is -0.935. The van der Waals surface area contributed by atoms with Crippen LogP contribution < -0.4 is 15.0 Å². The molecule has 0 saturated carbocycles. The van der Waals surface area contributed by atoms with Gasteiger partial charge in [0.25, 0.3) is 0 Å². The van der Waals surface area contributed by atoms with Gasteiger partial charge in [-0.15, -0.1) is 10.2 Å². The van der Waals surface area contributed by atoms with E-state index in [2.05, 4.69) is 27.0 Å². The second-order valence-corrected chi connectivity index (χ2v) is 9.46. The SMILES string of the molecule is COc1ccc(-n2c(SCC(=O)Nc3ccc(C)cc3)nnc2[C@H](C)[NH+]2CCCCC2)cc1. The number of thioether (sulfide) groups is 1. The molecule has 1 amide bonds. The molecule has 8 heteroatoms. The minimum atomic E-state index is -0.0654. The van der Waals surface area contributed by atoms with E-state index in [9.17, 15) is 4.79 Å². The highest BCUT2D eigenvalue weighted by atomic mass is 32.2. The summed E-state index contributed by atoms with van der Waals surface area (Å²) in [6.07, 6.45) is 3.80. The fraction of sp³-hybridized carbons (Fsp3) is 0.400. The predicted molar refractivity (Wildman–Crippen MR) is 131 cm³/mol. The summed E-state index contributed by atoms with van der Waals surface area (Å²) in [7, 11) is 1.66. The van der Waals surface area contributed by atoms with Crippen molar-refractivity contribution < 1.29 is 14.4 Å². The van der Waals surface area contributed by atoms with Gasteiger partial charge in [0.15, 0.2) is 11.0 Å². The number of carbonyl (C=O) groups excluding carboxylic acids is 1. The molecule has 0 unspecified atom stereocenters. The molecule has 0 radical (unpaired) electrons. The lowest BCUT2D eigenvalue weighted by Gasteiger charge is -2.29. The van der Waals surface area contributed by atoms with Gasteiger partial charge in [-0.2, -0.15) is 0 Å². The number of nitrogens with zero attached hydrogens (tertiary/aromatic N) is 3. The van der Waals surface area contributed by atoms with E-state index in [1.807, 2.05) is 55.5 Å². The number of quaternary nitrogens is 1. The van der Waals surface area contributed by atoms with Gasteiger partial charge in [-0.3, -0.25) is 9.36 Å². The van der Waals surface area contributed by atoms with Crippen molar-refractivity contribution in [1.82, 2.24) is 14.8 Å². The summed E-state index contributed by atoms with van der Waals surface area (Å²) in [6, 6.07) is 15.9. The van der Waals surface area contributed by atoms with Crippen LogP contribution in [0, 0.1) is 6.92 Å². The van der Waals surface area contributed by atoms with Gasteiger partial charge in [0.1, 0.15) is 11.8 Å². The molecule has 1 aliphatic heterocycles. The van der Waals surface area contributed by atoms with Crippen LogP contribution in [-0.2, 0) is 4.79 Å². The Labute approximate surface area is 199 Å². The Hall–Kier alpha value is -2.84. The Morgan fingerprint density at radius 1 is 1.09 bits per heavy atom. The van der Waals surface area contributed by atoms with Crippen LogP contribution in [0.25, 0.3) is 5.69 Å². The number of carbonyl (C=O) groups is 1. The first kappa shape index (κ1) is 23.3. The molecule has 0 aliphatic carbocycles. The predicted octanol–water partition coefficient (Wildman–Crippen LogP) is 3.44. The standard InChI is InChI=1S/C25H31N5O2S/c1-18-7-9-20(10-8-18)26-23(31)17-33-25-28-27-24(19(2)29-15-5-4-6-16-29)30(25)21-11-13-22(32-3)14-12-21/h7-14,19H,4-6,15-17H2,1-3H3,(H,26,31)/p+1/t19-/m0/s1. The van der Waals surface area contributed by atoms with Crippen molar-refractivity contribution in [1.29, 1.82) is 0 Å². The maximum atomic E-state index is 12.6. The lowest BCUT2D eigenvalue weighted by atomic mass is 10.1. The largest absolute Gasteiger partial charge is 0.497 e. The second kappa shape index (κ2) is 10.9. The van der Waals surface area contributed by atoms with Gasteiger partial charge in [0.2, 0.25) is 5.91 Å². The van der Waals surface area contributed by atoms with E-state index in [0.717, 1.165) is 46.8 Å². The zero-order valence-corrected chi connectivity index (χ0v) is 20.3.